The van der Waals surface area contributed by atoms with E-state index in [-0.39, 0.29) is 0 Å². The van der Waals surface area contributed by atoms with Crippen LogP contribution in [0.4, 0.5) is 0 Å². The van der Waals surface area contributed by atoms with Crippen molar-refractivity contribution < 1.29 is 0 Å². The van der Waals surface area contributed by atoms with Crippen LogP contribution in [0.1, 0.15) is 29.2 Å². The van der Waals surface area contributed by atoms with Gasteiger partial charge in [-0.2, -0.15) is 0 Å². The molecular weight excluding hydrogens is 448 g/mol. The molecule has 0 aromatic heterocycles. The minimum Gasteiger partial charge on any atom is -0.0620 e. The summed E-state index contributed by atoms with van der Waals surface area (Å²) in [4.78, 5) is 0. The molecular formula is C35H28Si. The van der Waals surface area contributed by atoms with Crippen LogP contribution in [0.3, 0.4) is 0 Å². The van der Waals surface area contributed by atoms with Gasteiger partial charge in [0.15, 0.2) is 0 Å². The molecule has 0 aliphatic carbocycles. The van der Waals surface area contributed by atoms with Gasteiger partial charge < -0.3 is 0 Å². The first-order valence-corrected chi connectivity index (χ1v) is 15.7. The van der Waals surface area contributed by atoms with Crippen LogP contribution in [0.15, 0.2) is 97.1 Å². The third kappa shape index (κ3) is 2.49. The van der Waals surface area contributed by atoms with Crippen LogP contribution >= 0.6 is 0 Å². The second-order valence-corrected chi connectivity index (χ2v) is 14.8. The molecule has 8 rings (SSSR count). The van der Waals surface area contributed by atoms with E-state index in [0.29, 0.717) is 0 Å². The van der Waals surface area contributed by atoms with Crippen LogP contribution in [0, 0.1) is 6.92 Å². The summed E-state index contributed by atoms with van der Waals surface area (Å²) in [5.74, 6) is 0. The summed E-state index contributed by atoms with van der Waals surface area (Å²) in [6.45, 7) is 4.65. The van der Waals surface area contributed by atoms with Crippen LogP contribution in [0.2, 0.25) is 0 Å². The minimum atomic E-state index is -2.01. The van der Waals surface area contributed by atoms with Crippen LogP contribution < -0.4 is 10.4 Å². The quantitative estimate of drug-likeness (QED) is 0.171. The summed E-state index contributed by atoms with van der Waals surface area (Å²) in [5.41, 5.74) is 9.07. The highest BCUT2D eigenvalue weighted by Crippen LogP contribution is 2.42. The third-order valence-electron chi connectivity index (χ3n) is 9.21. The van der Waals surface area contributed by atoms with E-state index >= 15 is 0 Å². The van der Waals surface area contributed by atoms with Crippen molar-refractivity contribution in [3.63, 3.8) is 0 Å². The van der Waals surface area contributed by atoms with Crippen molar-refractivity contribution in [3.8, 4) is 11.1 Å². The molecule has 2 heterocycles. The molecule has 1 heteroatoms. The minimum absolute atomic E-state index is 1.05. The molecule has 0 saturated heterocycles. The second kappa shape index (κ2) is 7.18. The zero-order chi connectivity index (χ0) is 24.0. The standard InChI is InChI=1S/C35H28Si/c1-3-26-29-15-9-8-13-27(29)22(2)31-19-34-33(18-32(26)31)30-17-16-23-10-6-7-14-28(23)35(30)36(34)20-24-11-4-5-12-25(24)21-36/h4-19H,3,20-21H2,1-2H3. The summed E-state index contributed by atoms with van der Waals surface area (Å²) in [6.07, 6.45) is 1.05. The van der Waals surface area contributed by atoms with Gasteiger partial charge in [0.05, 0.1) is 0 Å². The Bertz CT molecular complexity index is 1870. The molecule has 0 fully saturated rings. The van der Waals surface area contributed by atoms with Gasteiger partial charge in [0.25, 0.3) is 0 Å². The van der Waals surface area contributed by atoms with Crippen molar-refractivity contribution in [2.45, 2.75) is 32.4 Å². The van der Waals surface area contributed by atoms with E-state index in [9.17, 15) is 0 Å². The zero-order valence-corrected chi connectivity index (χ0v) is 21.9. The highest BCUT2D eigenvalue weighted by molar-refractivity contribution is 7.06. The predicted octanol–water partition coefficient (Wildman–Crippen LogP) is 7.44. The Morgan fingerprint density at radius 3 is 2.03 bits per heavy atom. The Balaban J connectivity index is 1.54. The molecule has 6 aromatic rings. The van der Waals surface area contributed by atoms with E-state index in [0.717, 1.165) is 6.42 Å². The monoisotopic (exact) mass is 476 g/mol. The maximum atomic E-state index is 2.65. The number of fused-ring (bicyclic) bond motifs is 10. The van der Waals surface area contributed by atoms with Gasteiger partial charge in [-0.3, -0.25) is 0 Å². The van der Waals surface area contributed by atoms with Crippen LogP contribution in [0.25, 0.3) is 43.4 Å². The normalized spacial score (nSPS) is 15.1. The molecule has 0 saturated carbocycles. The van der Waals surface area contributed by atoms with Gasteiger partial charge in [-0.1, -0.05) is 97.9 Å². The Morgan fingerprint density at radius 1 is 0.611 bits per heavy atom. The van der Waals surface area contributed by atoms with Gasteiger partial charge >= 0.3 is 0 Å². The van der Waals surface area contributed by atoms with Crippen molar-refractivity contribution in [3.05, 3.63) is 119 Å². The van der Waals surface area contributed by atoms with E-state index in [4.69, 9.17) is 0 Å². The van der Waals surface area contributed by atoms with E-state index in [2.05, 4.69) is 111 Å². The lowest BCUT2D eigenvalue weighted by Crippen LogP contribution is -2.57. The van der Waals surface area contributed by atoms with Crippen molar-refractivity contribution in [1.82, 2.24) is 0 Å². The largest absolute Gasteiger partial charge is 0.129 e. The van der Waals surface area contributed by atoms with E-state index in [1.807, 2.05) is 0 Å². The van der Waals surface area contributed by atoms with Gasteiger partial charge in [-0.15, -0.1) is 0 Å². The Hall–Kier alpha value is -3.68. The Kier molecular flexibility index (Phi) is 4.09. The van der Waals surface area contributed by atoms with Crippen molar-refractivity contribution in [1.29, 1.82) is 0 Å². The molecule has 0 radical (unpaired) electrons. The molecule has 0 bridgehead atoms. The van der Waals surface area contributed by atoms with Crippen LogP contribution in [-0.4, -0.2) is 8.07 Å². The number of hydrogen-bond acceptors (Lipinski definition) is 0. The summed E-state index contributed by atoms with van der Waals surface area (Å²) in [6, 6.07) is 39.8. The fourth-order valence-electron chi connectivity index (χ4n) is 7.65. The maximum Gasteiger partial charge on any atom is 0.129 e. The molecule has 0 amide bonds. The van der Waals surface area contributed by atoms with E-state index in [1.54, 1.807) is 21.5 Å². The van der Waals surface area contributed by atoms with E-state index in [1.165, 1.54) is 66.7 Å². The first kappa shape index (κ1) is 20.5. The number of rotatable bonds is 1. The first-order chi connectivity index (χ1) is 17.7. The number of hydrogen-bond donors (Lipinski definition) is 0. The van der Waals surface area contributed by atoms with E-state index < -0.39 is 8.07 Å². The average Bonchev–Trinajstić information content (AvgIpc) is 3.44. The summed E-state index contributed by atoms with van der Waals surface area (Å²) < 4.78 is 0. The molecule has 0 atom stereocenters. The molecule has 6 aromatic carbocycles. The molecule has 1 spiro atoms. The Labute approximate surface area is 213 Å². The number of aryl methyl sites for hydroxylation is 2. The molecule has 2 aliphatic heterocycles. The lowest BCUT2D eigenvalue weighted by Gasteiger charge is -2.26. The first-order valence-electron chi connectivity index (χ1n) is 13.3. The SMILES string of the molecule is CCc1c2ccccc2c(C)c2cc3c(cc12)-c1ccc2ccccc2c1[Si]31Cc2ccccc2C1. The van der Waals surface area contributed by atoms with Gasteiger partial charge in [0.1, 0.15) is 8.07 Å². The summed E-state index contributed by atoms with van der Waals surface area (Å²) in [5, 5.41) is 12.0. The fraction of sp³-hybridized carbons (Fsp3) is 0.143. The zero-order valence-electron chi connectivity index (χ0n) is 20.9. The maximum absolute atomic E-state index is 2.65. The number of benzene rings is 6. The topological polar surface area (TPSA) is 0 Å². The van der Waals surface area contributed by atoms with Crippen molar-refractivity contribution in [2.24, 2.45) is 0 Å². The van der Waals surface area contributed by atoms with Gasteiger partial charge in [-0.05, 0) is 108 Å². The predicted molar refractivity (Wildman–Crippen MR) is 157 cm³/mol. The summed E-state index contributed by atoms with van der Waals surface area (Å²) in [7, 11) is -2.01. The van der Waals surface area contributed by atoms with Gasteiger partial charge in [0, 0.05) is 0 Å². The highest BCUT2D eigenvalue weighted by atomic mass is 28.3. The van der Waals surface area contributed by atoms with Crippen LogP contribution in [-0.2, 0) is 18.5 Å². The van der Waals surface area contributed by atoms with Crippen molar-refractivity contribution >= 4 is 50.8 Å². The lowest BCUT2D eigenvalue weighted by atomic mass is 9.89. The third-order valence-corrected chi connectivity index (χ3v) is 14.1. The molecule has 0 unspecified atom stereocenters. The Morgan fingerprint density at radius 2 is 1.28 bits per heavy atom. The fourth-order valence-corrected chi connectivity index (χ4v) is 13.4. The molecule has 0 nitrogen and oxygen atoms in total. The second-order valence-electron chi connectivity index (χ2n) is 10.9. The molecule has 0 N–H and O–H groups in total. The smallest absolute Gasteiger partial charge is 0.0620 e. The average molecular weight is 477 g/mol. The highest BCUT2D eigenvalue weighted by Gasteiger charge is 2.50. The lowest BCUT2D eigenvalue weighted by molar-refractivity contribution is 1.18. The van der Waals surface area contributed by atoms with Gasteiger partial charge in [-0.25, -0.2) is 0 Å². The summed E-state index contributed by atoms with van der Waals surface area (Å²) >= 11 is 0. The molecule has 36 heavy (non-hydrogen) atoms. The molecule has 2 aliphatic rings. The molecule has 172 valence electrons. The van der Waals surface area contributed by atoms with Crippen LogP contribution in [0.5, 0.6) is 0 Å². The van der Waals surface area contributed by atoms with Gasteiger partial charge in [0.2, 0.25) is 0 Å². The van der Waals surface area contributed by atoms with Crippen molar-refractivity contribution in [2.75, 3.05) is 0 Å².